The van der Waals surface area contributed by atoms with Gasteiger partial charge in [-0.25, -0.2) is 0 Å². The van der Waals surface area contributed by atoms with Gasteiger partial charge in [0.1, 0.15) is 0 Å². The third-order valence-corrected chi connectivity index (χ3v) is 2.91. The van der Waals surface area contributed by atoms with Crippen LogP contribution in [0.3, 0.4) is 0 Å². The molecule has 1 heterocycles. The number of nitrogens with two attached hydrogens (primary N) is 1. The Morgan fingerprint density at radius 2 is 1.95 bits per heavy atom. The summed E-state index contributed by atoms with van der Waals surface area (Å²) < 4.78 is 0. The average molecular weight is 270 g/mol. The van der Waals surface area contributed by atoms with E-state index in [0.29, 0.717) is 17.8 Å². The van der Waals surface area contributed by atoms with E-state index in [9.17, 15) is 4.79 Å². The number of anilines is 2. The van der Waals surface area contributed by atoms with Crippen molar-refractivity contribution in [3.05, 3.63) is 53.9 Å². The van der Waals surface area contributed by atoms with Crippen LogP contribution in [0.5, 0.6) is 0 Å². The molecule has 0 bridgehead atoms. The number of carbonyl (C=O) groups excluding carboxylic acids is 1. The highest BCUT2D eigenvalue weighted by atomic mass is 16.2. The minimum absolute atomic E-state index is 0.0535. The van der Waals surface area contributed by atoms with Crippen LogP contribution in [0.15, 0.2) is 42.7 Å². The summed E-state index contributed by atoms with van der Waals surface area (Å²) in [6.07, 6.45) is 3.48. The van der Waals surface area contributed by atoms with Gasteiger partial charge in [0.05, 0.1) is 5.56 Å². The number of hydrogen-bond donors (Lipinski definition) is 2. The fraction of sp³-hybridized carbons (Fsp3) is 0.200. The lowest BCUT2D eigenvalue weighted by atomic mass is 10.1. The molecule has 104 valence electrons. The minimum Gasteiger partial charge on any atom is -0.399 e. The number of aromatic nitrogens is 1. The number of nitrogens with one attached hydrogen (secondary N) is 1. The first-order valence-electron chi connectivity index (χ1n) is 6.32. The largest absolute Gasteiger partial charge is 0.399 e. The predicted molar refractivity (Wildman–Crippen MR) is 80.4 cm³/mol. The van der Waals surface area contributed by atoms with Crippen LogP contribution in [0, 0.1) is 0 Å². The first kappa shape index (κ1) is 13.9. The average Bonchev–Trinajstić information content (AvgIpc) is 2.45. The number of amides is 1. The van der Waals surface area contributed by atoms with Crippen molar-refractivity contribution in [2.75, 3.05) is 25.1 Å². The molecule has 0 radical (unpaired) electrons. The van der Waals surface area contributed by atoms with Crippen LogP contribution in [0.2, 0.25) is 0 Å². The maximum absolute atomic E-state index is 12.1. The molecule has 0 saturated carbocycles. The lowest BCUT2D eigenvalue weighted by Gasteiger charge is -2.16. The van der Waals surface area contributed by atoms with Crippen molar-refractivity contribution in [3.8, 4) is 0 Å². The molecule has 0 spiro atoms. The van der Waals surface area contributed by atoms with Crippen LogP contribution >= 0.6 is 0 Å². The summed E-state index contributed by atoms with van der Waals surface area (Å²) in [7, 11) is 3.46. The van der Waals surface area contributed by atoms with E-state index in [1.165, 1.54) is 0 Å². The standard InChI is InChI=1S/C15H18N4O/c1-19(2)15(20)13-4-3-12(16)9-14(13)18-10-11-5-7-17-8-6-11/h3-9,18H,10,16H2,1-2H3. The second-order valence-electron chi connectivity index (χ2n) is 4.71. The van der Waals surface area contributed by atoms with Crippen LogP contribution in [-0.2, 0) is 6.54 Å². The van der Waals surface area contributed by atoms with Gasteiger partial charge in [-0.05, 0) is 35.9 Å². The van der Waals surface area contributed by atoms with Crippen molar-refractivity contribution in [2.24, 2.45) is 0 Å². The van der Waals surface area contributed by atoms with Gasteiger partial charge in [-0.1, -0.05) is 0 Å². The minimum atomic E-state index is -0.0535. The molecule has 2 rings (SSSR count). The van der Waals surface area contributed by atoms with E-state index in [-0.39, 0.29) is 5.91 Å². The molecule has 0 unspecified atom stereocenters. The Kier molecular flexibility index (Phi) is 4.20. The van der Waals surface area contributed by atoms with Crippen LogP contribution in [0.1, 0.15) is 15.9 Å². The zero-order valence-corrected chi connectivity index (χ0v) is 11.6. The van der Waals surface area contributed by atoms with E-state index in [4.69, 9.17) is 5.73 Å². The zero-order chi connectivity index (χ0) is 14.5. The molecule has 0 aliphatic heterocycles. The van der Waals surface area contributed by atoms with E-state index in [1.54, 1.807) is 49.6 Å². The number of carbonyl (C=O) groups is 1. The normalized spacial score (nSPS) is 10.1. The van der Waals surface area contributed by atoms with Gasteiger partial charge < -0.3 is 16.0 Å². The van der Waals surface area contributed by atoms with Gasteiger partial charge in [-0.15, -0.1) is 0 Å². The second-order valence-corrected chi connectivity index (χ2v) is 4.71. The van der Waals surface area contributed by atoms with E-state index in [0.717, 1.165) is 11.3 Å². The summed E-state index contributed by atoms with van der Waals surface area (Å²) in [4.78, 5) is 17.6. The lowest BCUT2D eigenvalue weighted by molar-refractivity contribution is 0.0828. The molecule has 0 fully saturated rings. The number of nitrogens with zero attached hydrogens (tertiary/aromatic N) is 2. The van der Waals surface area contributed by atoms with Gasteiger partial charge in [0.2, 0.25) is 0 Å². The van der Waals surface area contributed by atoms with Gasteiger partial charge >= 0.3 is 0 Å². The first-order valence-corrected chi connectivity index (χ1v) is 6.32. The molecule has 5 heteroatoms. The molecule has 2 aromatic rings. The number of hydrogen-bond acceptors (Lipinski definition) is 4. The molecule has 1 aromatic heterocycles. The smallest absolute Gasteiger partial charge is 0.255 e. The molecule has 0 aliphatic carbocycles. The number of pyridine rings is 1. The van der Waals surface area contributed by atoms with Gasteiger partial charge in [-0.3, -0.25) is 9.78 Å². The van der Waals surface area contributed by atoms with Gasteiger partial charge in [-0.2, -0.15) is 0 Å². The monoisotopic (exact) mass is 270 g/mol. The first-order chi connectivity index (χ1) is 9.58. The molecule has 1 amide bonds. The Morgan fingerprint density at radius 1 is 1.25 bits per heavy atom. The SMILES string of the molecule is CN(C)C(=O)c1ccc(N)cc1NCc1ccncc1. The molecule has 0 saturated heterocycles. The maximum Gasteiger partial charge on any atom is 0.255 e. The molecule has 20 heavy (non-hydrogen) atoms. The molecule has 0 aliphatic rings. The molecular weight excluding hydrogens is 252 g/mol. The molecule has 0 atom stereocenters. The van der Waals surface area contributed by atoms with Crippen molar-refractivity contribution in [2.45, 2.75) is 6.54 Å². The Balaban J connectivity index is 2.21. The second kappa shape index (κ2) is 6.06. The molecule has 1 aromatic carbocycles. The fourth-order valence-corrected chi connectivity index (χ4v) is 1.83. The Hall–Kier alpha value is -2.56. The number of benzene rings is 1. The van der Waals surface area contributed by atoms with E-state index >= 15 is 0 Å². The summed E-state index contributed by atoms with van der Waals surface area (Å²) in [5.41, 5.74) is 8.86. The number of rotatable bonds is 4. The van der Waals surface area contributed by atoms with Crippen molar-refractivity contribution >= 4 is 17.3 Å². The van der Waals surface area contributed by atoms with Crippen LogP contribution in [0.4, 0.5) is 11.4 Å². The summed E-state index contributed by atoms with van der Waals surface area (Å²) in [6.45, 7) is 0.611. The molecule has 5 nitrogen and oxygen atoms in total. The topological polar surface area (TPSA) is 71.2 Å². The maximum atomic E-state index is 12.1. The van der Waals surface area contributed by atoms with Crippen molar-refractivity contribution in [3.63, 3.8) is 0 Å². The van der Waals surface area contributed by atoms with E-state index in [2.05, 4.69) is 10.3 Å². The molecular formula is C15H18N4O. The number of nitrogen functional groups attached to an aromatic ring is 1. The fourth-order valence-electron chi connectivity index (χ4n) is 1.83. The zero-order valence-electron chi connectivity index (χ0n) is 11.6. The van der Waals surface area contributed by atoms with E-state index < -0.39 is 0 Å². The van der Waals surface area contributed by atoms with Crippen molar-refractivity contribution in [1.82, 2.24) is 9.88 Å². The highest BCUT2D eigenvalue weighted by Crippen LogP contribution is 2.21. The van der Waals surface area contributed by atoms with Gasteiger partial charge in [0.25, 0.3) is 5.91 Å². The predicted octanol–water partition coefficient (Wildman–Crippen LogP) is 1.98. The lowest BCUT2D eigenvalue weighted by Crippen LogP contribution is -2.23. The Labute approximate surface area is 118 Å². The molecule has 3 N–H and O–H groups in total. The highest BCUT2D eigenvalue weighted by molar-refractivity contribution is 5.99. The van der Waals surface area contributed by atoms with Crippen LogP contribution in [0.25, 0.3) is 0 Å². The van der Waals surface area contributed by atoms with Crippen LogP contribution in [-0.4, -0.2) is 29.9 Å². The van der Waals surface area contributed by atoms with Gasteiger partial charge in [0, 0.05) is 44.4 Å². The Bertz CT molecular complexity index is 596. The Morgan fingerprint density at radius 3 is 2.60 bits per heavy atom. The van der Waals surface area contributed by atoms with Crippen molar-refractivity contribution < 1.29 is 4.79 Å². The summed E-state index contributed by atoms with van der Waals surface area (Å²) in [5.74, 6) is -0.0535. The third-order valence-electron chi connectivity index (χ3n) is 2.91. The quantitative estimate of drug-likeness (QED) is 0.833. The summed E-state index contributed by atoms with van der Waals surface area (Å²) in [6, 6.07) is 9.10. The van der Waals surface area contributed by atoms with Gasteiger partial charge in [0.15, 0.2) is 0 Å². The van der Waals surface area contributed by atoms with Crippen LogP contribution < -0.4 is 11.1 Å². The van der Waals surface area contributed by atoms with Crippen molar-refractivity contribution in [1.29, 1.82) is 0 Å². The van der Waals surface area contributed by atoms with E-state index in [1.807, 2.05) is 12.1 Å². The third kappa shape index (κ3) is 3.26. The highest BCUT2D eigenvalue weighted by Gasteiger charge is 2.13. The summed E-state index contributed by atoms with van der Waals surface area (Å²) in [5, 5.41) is 3.25. The summed E-state index contributed by atoms with van der Waals surface area (Å²) >= 11 is 0.